The van der Waals surface area contributed by atoms with Gasteiger partial charge in [0.05, 0.1) is 19.8 Å². The summed E-state index contributed by atoms with van der Waals surface area (Å²) in [6, 6.07) is 37.8. The Kier molecular flexibility index (Phi) is 19.1. The van der Waals surface area contributed by atoms with Gasteiger partial charge in [-0.25, -0.2) is 0 Å². The quantitative estimate of drug-likeness (QED) is 0.0911. The van der Waals surface area contributed by atoms with Gasteiger partial charge in [0.15, 0.2) is 8.32 Å². The molecule has 4 aromatic rings. The van der Waals surface area contributed by atoms with Crippen molar-refractivity contribution < 1.29 is 19.0 Å². The molecule has 0 spiro atoms. The average molecular weight is 741 g/mol. The van der Waals surface area contributed by atoms with Crippen LogP contribution < -0.4 is 0 Å². The number of benzene rings is 4. The minimum atomic E-state index is -1.69. The molecule has 0 bridgehead atoms. The lowest BCUT2D eigenvalue weighted by Gasteiger charge is -2.36. The van der Waals surface area contributed by atoms with Crippen LogP contribution in [0.15, 0.2) is 109 Å². The molecule has 2 unspecified atom stereocenters. The first-order chi connectivity index (χ1) is 25.4. The largest absolute Gasteiger partial charge is 0.416 e. The fourth-order valence-electron chi connectivity index (χ4n) is 5.99. The minimum Gasteiger partial charge on any atom is -0.416 e. The van der Waals surface area contributed by atoms with Gasteiger partial charge in [0.2, 0.25) is 0 Å². The Morgan fingerprint density at radius 3 is 1.32 bits per heavy atom. The van der Waals surface area contributed by atoms with Crippen molar-refractivity contribution in [3.63, 3.8) is 0 Å². The van der Waals surface area contributed by atoms with Crippen molar-refractivity contribution in [1.82, 2.24) is 9.80 Å². The molecule has 7 heteroatoms. The zero-order chi connectivity index (χ0) is 38.7. The van der Waals surface area contributed by atoms with Crippen LogP contribution in [0.3, 0.4) is 0 Å². The van der Waals surface area contributed by atoms with E-state index in [1.54, 1.807) is 0 Å². The molecule has 0 saturated heterocycles. The topological polar surface area (TPSA) is 54.4 Å². The van der Waals surface area contributed by atoms with Crippen LogP contribution in [0.5, 0.6) is 0 Å². The number of hydrogen-bond acceptors (Lipinski definition) is 6. The van der Waals surface area contributed by atoms with Crippen LogP contribution in [0, 0.1) is 13.8 Å². The molecule has 0 amide bonds. The lowest BCUT2D eigenvalue weighted by Crippen LogP contribution is -2.43. The molecule has 0 aromatic heterocycles. The molecular formula is C46H68N2O4Si. The highest BCUT2D eigenvalue weighted by molar-refractivity contribution is 6.74. The van der Waals surface area contributed by atoms with Crippen LogP contribution in [-0.4, -0.2) is 88.9 Å². The summed E-state index contributed by atoms with van der Waals surface area (Å²) < 4.78 is 19.1. The van der Waals surface area contributed by atoms with Gasteiger partial charge in [-0.05, 0) is 78.4 Å². The molecule has 0 aliphatic carbocycles. The third-order valence-electron chi connectivity index (χ3n) is 10.5. The number of rotatable bonds is 20. The molecule has 1 N–H and O–H groups in total. The van der Waals surface area contributed by atoms with Gasteiger partial charge in [-0.15, -0.1) is 0 Å². The summed E-state index contributed by atoms with van der Waals surface area (Å²) in [5, 5.41) is 9.34. The number of nitrogens with zero attached hydrogens (tertiary/aromatic N) is 2. The lowest BCUT2D eigenvalue weighted by atomic mass is 9.97. The van der Waals surface area contributed by atoms with Gasteiger partial charge < -0.3 is 19.0 Å². The Balaban J connectivity index is 0.000000295. The zero-order valence-electron chi connectivity index (χ0n) is 34.2. The molecule has 4 aromatic carbocycles. The second-order valence-electron chi connectivity index (χ2n) is 15.2. The van der Waals surface area contributed by atoms with E-state index in [1.807, 2.05) is 18.2 Å². The second-order valence-corrected chi connectivity index (χ2v) is 20.0. The molecule has 6 nitrogen and oxygen atoms in total. The fraction of sp³-hybridized carbons (Fsp3) is 0.478. The third-order valence-corrected chi connectivity index (χ3v) is 15.1. The summed E-state index contributed by atoms with van der Waals surface area (Å²) in [6.07, 6.45) is -0.0835. The zero-order valence-corrected chi connectivity index (χ0v) is 35.2. The molecule has 0 aliphatic rings. The molecule has 290 valence electrons. The predicted molar refractivity (Wildman–Crippen MR) is 225 cm³/mol. The Labute approximate surface area is 323 Å². The Bertz CT molecular complexity index is 1560. The van der Waals surface area contributed by atoms with Crippen LogP contribution in [0.1, 0.15) is 80.2 Å². The summed E-state index contributed by atoms with van der Waals surface area (Å²) >= 11 is 0. The van der Waals surface area contributed by atoms with Crippen LogP contribution >= 0.6 is 0 Å². The number of hydrogen-bond donors (Lipinski definition) is 1. The van der Waals surface area contributed by atoms with Crippen molar-refractivity contribution in [3.05, 3.63) is 143 Å². The molecule has 0 fully saturated rings. The number of aliphatic hydroxyl groups excluding tert-OH is 1. The highest BCUT2D eigenvalue weighted by Crippen LogP contribution is 2.36. The maximum absolute atomic E-state index is 9.09. The fourth-order valence-corrected chi connectivity index (χ4v) is 7.03. The van der Waals surface area contributed by atoms with Gasteiger partial charge in [-0.3, -0.25) is 9.80 Å². The van der Waals surface area contributed by atoms with E-state index in [9.17, 15) is 0 Å². The number of aryl methyl sites for hydroxylation is 2. The second kappa shape index (κ2) is 22.9. The molecule has 4 rings (SSSR count). The monoisotopic (exact) mass is 740 g/mol. The van der Waals surface area contributed by atoms with E-state index < -0.39 is 8.32 Å². The van der Waals surface area contributed by atoms with Crippen molar-refractivity contribution in [2.24, 2.45) is 0 Å². The Hall–Kier alpha value is -3.14. The molecule has 0 aliphatic heterocycles. The number of ether oxygens (including phenoxy) is 2. The predicted octanol–water partition coefficient (Wildman–Crippen LogP) is 9.86. The minimum absolute atomic E-state index is 0.0328. The normalized spacial score (nSPS) is 13.1. The highest BCUT2D eigenvalue weighted by Gasteiger charge is 2.37. The Morgan fingerprint density at radius 2 is 0.943 bits per heavy atom. The SMILES string of the molecule is CCN(CCO)CCOC(c1ccccc1)c1ccccc1C.CCN(CCOC(c1ccccc1)c1ccccc1C)CCO[Si](C)(C)C(C)(C)C. The van der Waals surface area contributed by atoms with Gasteiger partial charge in [-0.2, -0.15) is 0 Å². The van der Waals surface area contributed by atoms with Crippen LogP contribution in [0.2, 0.25) is 18.1 Å². The molecule has 53 heavy (non-hydrogen) atoms. The van der Waals surface area contributed by atoms with Crippen LogP contribution in [0.25, 0.3) is 0 Å². The van der Waals surface area contributed by atoms with E-state index in [1.165, 1.54) is 33.4 Å². The molecule has 0 radical (unpaired) electrons. The van der Waals surface area contributed by atoms with Gasteiger partial charge in [-0.1, -0.05) is 144 Å². The summed E-state index contributed by atoms with van der Waals surface area (Å²) in [6.45, 7) is 27.7. The molecule has 2 atom stereocenters. The van der Waals surface area contributed by atoms with Crippen LogP contribution in [-0.2, 0) is 13.9 Å². The van der Waals surface area contributed by atoms with Crippen molar-refractivity contribution in [3.8, 4) is 0 Å². The third kappa shape index (κ3) is 14.6. The summed E-state index contributed by atoms with van der Waals surface area (Å²) in [5.74, 6) is 0. The average Bonchev–Trinajstić information content (AvgIpc) is 3.15. The van der Waals surface area contributed by atoms with Crippen molar-refractivity contribution in [1.29, 1.82) is 0 Å². The number of aliphatic hydroxyl groups is 1. The summed E-state index contributed by atoms with van der Waals surface area (Å²) in [5.41, 5.74) is 7.34. The summed E-state index contributed by atoms with van der Waals surface area (Å²) in [7, 11) is -1.69. The van der Waals surface area contributed by atoms with Gasteiger partial charge in [0.1, 0.15) is 12.2 Å². The van der Waals surface area contributed by atoms with Gasteiger partial charge >= 0.3 is 0 Å². The van der Waals surface area contributed by atoms with E-state index in [4.69, 9.17) is 19.0 Å². The standard InChI is InChI=1S/C26H41NO2Si.C20H27NO2/c1-8-27(19-21-29-30(6,7)26(3,4)5)18-20-28-25(23-15-10-9-11-16-23)24-17-13-12-14-22(24)2;1-3-21(13-15-22)14-16-23-20(18-10-5-4-6-11-18)19-12-8-7-9-17(19)2/h9-17,25H,8,18-21H2,1-7H3;4-12,20,22H,3,13-16H2,1-2H3. The lowest BCUT2D eigenvalue weighted by molar-refractivity contribution is 0.0568. The van der Waals surface area contributed by atoms with E-state index in [2.05, 4.69) is 162 Å². The first-order valence-electron chi connectivity index (χ1n) is 19.6. The van der Waals surface area contributed by atoms with E-state index in [0.29, 0.717) is 19.8 Å². The van der Waals surface area contributed by atoms with Crippen molar-refractivity contribution >= 4 is 8.32 Å². The van der Waals surface area contributed by atoms with E-state index >= 15 is 0 Å². The summed E-state index contributed by atoms with van der Waals surface area (Å²) in [4.78, 5) is 4.62. The Morgan fingerprint density at radius 1 is 0.566 bits per heavy atom. The maximum Gasteiger partial charge on any atom is 0.192 e. The van der Waals surface area contributed by atoms with E-state index in [-0.39, 0.29) is 23.9 Å². The van der Waals surface area contributed by atoms with Crippen molar-refractivity contribution in [2.45, 2.75) is 78.8 Å². The molecule has 0 saturated carbocycles. The maximum atomic E-state index is 9.09. The first kappa shape index (κ1) is 44.3. The smallest absolute Gasteiger partial charge is 0.192 e. The van der Waals surface area contributed by atoms with Gasteiger partial charge in [0.25, 0.3) is 0 Å². The molecular weight excluding hydrogens is 673 g/mol. The van der Waals surface area contributed by atoms with Gasteiger partial charge in [0, 0.05) is 32.8 Å². The van der Waals surface area contributed by atoms with E-state index in [0.717, 1.165) is 39.3 Å². The highest BCUT2D eigenvalue weighted by atomic mass is 28.4. The van der Waals surface area contributed by atoms with Crippen molar-refractivity contribution in [2.75, 3.05) is 65.7 Å². The van der Waals surface area contributed by atoms with Crippen LogP contribution in [0.4, 0.5) is 0 Å². The molecule has 0 heterocycles. The first-order valence-corrected chi connectivity index (χ1v) is 22.5. The number of likely N-dealkylation sites (N-methyl/N-ethyl adjacent to an activating group) is 2.